The minimum absolute atomic E-state index is 0.196. The summed E-state index contributed by atoms with van der Waals surface area (Å²) in [6, 6.07) is 11.3. The molecule has 1 fully saturated rings. The van der Waals surface area contributed by atoms with Crippen molar-refractivity contribution < 1.29 is 27.9 Å². The molecular weight excluding hydrogens is 568 g/mol. The lowest BCUT2D eigenvalue weighted by Gasteiger charge is -2.24. The highest BCUT2D eigenvalue weighted by atomic mass is 32.2. The Hall–Kier alpha value is -3.67. The number of nitrogens with zero attached hydrogens (tertiary/aromatic N) is 2. The van der Waals surface area contributed by atoms with E-state index in [0.717, 1.165) is 64.1 Å². The maximum atomic E-state index is 13.6. The number of unbranched alkanes of at least 4 members (excludes halogenated alkanes) is 2. The number of carbonyl (C=O) groups is 2. The number of amides is 1. The van der Waals surface area contributed by atoms with Gasteiger partial charge in [0.2, 0.25) is 5.91 Å². The van der Waals surface area contributed by atoms with Crippen LogP contribution in [0.1, 0.15) is 78.8 Å². The second kappa shape index (κ2) is 12.9. The van der Waals surface area contributed by atoms with E-state index in [4.69, 9.17) is 9.88 Å². The Morgan fingerprint density at radius 1 is 1.09 bits per heavy atom. The van der Waals surface area contributed by atoms with Gasteiger partial charge in [0.25, 0.3) is 10.2 Å². The van der Waals surface area contributed by atoms with Crippen molar-refractivity contribution in [2.75, 3.05) is 27.2 Å². The number of methoxy groups -OCH3 is 1. The molecule has 0 saturated heterocycles. The number of carbonyl (C=O) groups excluding carboxylic acids is 1. The predicted octanol–water partition coefficient (Wildman–Crippen LogP) is 4.88. The maximum absolute atomic E-state index is 13.6. The van der Waals surface area contributed by atoms with Gasteiger partial charge >= 0.3 is 5.97 Å². The average Bonchev–Trinajstić information content (AvgIpc) is 3.20. The van der Waals surface area contributed by atoms with Crippen LogP contribution in [-0.2, 0) is 21.5 Å². The topological polar surface area (TPSA) is 144 Å². The minimum atomic E-state index is -3.70. The summed E-state index contributed by atoms with van der Waals surface area (Å²) in [5, 5.41) is 19.0. The first-order valence-corrected chi connectivity index (χ1v) is 16.4. The van der Waals surface area contributed by atoms with Crippen molar-refractivity contribution in [1.82, 2.24) is 14.2 Å². The third-order valence-electron chi connectivity index (χ3n) is 8.70. The summed E-state index contributed by atoms with van der Waals surface area (Å²) >= 11 is 0. The number of carboxylic acid groups (broad SMARTS) is 1. The van der Waals surface area contributed by atoms with Crippen molar-refractivity contribution in [3.8, 4) is 17.0 Å². The number of rotatable bonds is 11. The molecule has 1 aliphatic heterocycles. The number of benzene rings is 2. The smallest absolute Gasteiger partial charge is 0.335 e. The monoisotopic (exact) mass is 608 g/mol. The number of aromatic nitrogens is 1. The molecule has 2 aliphatic rings. The van der Waals surface area contributed by atoms with E-state index in [9.17, 15) is 23.1 Å². The molecule has 0 bridgehead atoms. The number of nitrogens with two attached hydrogens (primary N) is 1. The zero-order valence-electron chi connectivity index (χ0n) is 24.8. The molecule has 1 aliphatic carbocycles. The number of hydrogen-bond donors (Lipinski definition) is 3. The number of aromatic carboxylic acids is 1. The molecule has 10 nitrogen and oxygen atoms in total. The largest absolute Gasteiger partial charge is 0.497 e. The summed E-state index contributed by atoms with van der Waals surface area (Å²) < 4.78 is 31.6. The van der Waals surface area contributed by atoms with E-state index >= 15 is 0 Å². The molecule has 2 heterocycles. The highest BCUT2D eigenvalue weighted by Crippen LogP contribution is 2.47. The van der Waals surface area contributed by atoms with Gasteiger partial charge in [0.15, 0.2) is 0 Å². The van der Waals surface area contributed by atoms with Crippen LogP contribution in [0.4, 0.5) is 0 Å². The van der Waals surface area contributed by atoms with Crippen LogP contribution < -0.4 is 15.2 Å². The lowest BCUT2D eigenvalue weighted by Crippen LogP contribution is -2.34. The van der Waals surface area contributed by atoms with Crippen LogP contribution in [0.3, 0.4) is 0 Å². The Bertz CT molecular complexity index is 1670. The molecule has 1 amide bonds. The van der Waals surface area contributed by atoms with Crippen LogP contribution >= 0.6 is 0 Å². The SMILES string of the molecule is COc1ccc2c(c1)C=C(C(=O)NCCCCCN(C)S(N)(=O)=O)Cn1c-2c(C2CCCCC2)c2ccc(C(=O)O)cc21. The quantitative estimate of drug-likeness (QED) is 0.265. The second-order valence-electron chi connectivity index (χ2n) is 11.5. The first-order valence-electron chi connectivity index (χ1n) is 14.9. The Morgan fingerprint density at radius 3 is 2.56 bits per heavy atom. The van der Waals surface area contributed by atoms with Crippen LogP contribution in [0, 0.1) is 0 Å². The Labute approximate surface area is 252 Å². The normalized spacial score (nSPS) is 15.5. The van der Waals surface area contributed by atoms with Gasteiger partial charge in [-0.3, -0.25) is 4.79 Å². The fourth-order valence-electron chi connectivity index (χ4n) is 6.39. The van der Waals surface area contributed by atoms with Gasteiger partial charge < -0.3 is 19.7 Å². The predicted molar refractivity (Wildman–Crippen MR) is 167 cm³/mol. The van der Waals surface area contributed by atoms with Crippen molar-refractivity contribution in [3.05, 3.63) is 58.7 Å². The van der Waals surface area contributed by atoms with Gasteiger partial charge in [0.05, 0.1) is 24.9 Å². The van der Waals surface area contributed by atoms with Crippen LogP contribution in [0.15, 0.2) is 42.0 Å². The molecule has 43 heavy (non-hydrogen) atoms. The Kier molecular flexibility index (Phi) is 9.24. The number of fused-ring (bicyclic) bond motifs is 5. The molecule has 3 aromatic rings. The lowest BCUT2D eigenvalue weighted by atomic mass is 9.81. The second-order valence-corrected chi connectivity index (χ2v) is 13.2. The average molecular weight is 609 g/mol. The van der Waals surface area contributed by atoms with Crippen LogP contribution in [-0.4, -0.2) is 61.5 Å². The summed E-state index contributed by atoms with van der Waals surface area (Å²) in [6.07, 6.45) is 9.65. The highest BCUT2D eigenvalue weighted by molar-refractivity contribution is 7.86. The number of nitrogens with one attached hydrogen (secondary N) is 1. The number of carboxylic acids is 1. The zero-order valence-corrected chi connectivity index (χ0v) is 25.6. The summed E-state index contributed by atoms with van der Waals surface area (Å²) in [5.41, 5.74) is 5.75. The molecule has 1 aromatic heterocycles. The summed E-state index contributed by atoms with van der Waals surface area (Å²) in [6.45, 7) is 1.06. The highest BCUT2D eigenvalue weighted by Gasteiger charge is 2.30. The van der Waals surface area contributed by atoms with Crippen LogP contribution in [0.5, 0.6) is 5.75 Å². The van der Waals surface area contributed by atoms with E-state index in [-0.39, 0.29) is 11.5 Å². The van der Waals surface area contributed by atoms with Crippen LogP contribution in [0.2, 0.25) is 0 Å². The van der Waals surface area contributed by atoms with Gasteiger partial charge in [-0.25, -0.2) is 9.93 Å². The Balaban J connectivity index is 1.49. The van der Waals surface area contributed by atoms with Crippen molar-refractivity contribution in [2.45, 2.75) is 63.8 Å². The zero-order chi connectivity index (χ0) is 30.7. The number of ether oxygens (including phenoxy) is 1. The van der Waals surface area contributed by atoms with E-state index < -0.39 is 16.2 Å². The summed E-state index contributed by atoms with van der Waals surface area (Å²) in [5.74, 6) is -0.143. The van der Waals surface area contributed by atoms with Gasteiger partial charge in [-0.2, -0.15) is 12.7 Å². The van der Waals surface area contributed by atoms with Crippen molar-refractivity contribution in [2.24, 2.45) is 5.14 Å². The fourth-order valence-corrected chi connectivity index (χ4v) is 6.77. The van der Waals surface area contributed by atoms with Crippen molar-refractivity contribution in [3.63, 3.8) is 0 Å². The van der Waals surface area contributed by atoms with E-state index in [1.165, 1.54) is 19.0 Å². The molecule has 4 N–H and O–H groups in total. The van der Waals surface area contributed by atoms with E-state index in [1.54, 1.807) is 19.2 Å². The molecule has 5 rings (SSSR count). The van der Waals surface area contributed by atoms with Gasteiger partial charge in [-0.15, -0.1) is 0 Å². The molecule has 0 atom stereocenters. The summed E-state index contributed by atoms with van der Waals surface area (Å²) in [4.78, 5) is 25.6. The molecule has 0 unspecified atom stereocenters. The first kappa shape index (κ1) is 30.8. The first-order chi connectivity index (χ1) is 20.6. The maximum Gasteiger partial charge on any atom is 0.335 e. The molecule has 0 radical (unpaired) electrons. The van der Waals surface area contributed by atoms with E-state index in [1.807, 2.05) is 30.3 Å². The van der Waals surface area contributed by atoms with Crippen molar-refractivity contribution in [1.29, 1.82) is 0 Å². The van der Waals surface area contributed by atoms with Gasteiger partial charge in [0.1, 0.15) is 5.75 Å². The van der Waals surface area contributed by atoms with Gasteiger partial charge in [-0.05, 0) is 79.1 Å². The standard InChI is InChI=1S/C32H40N4O6S/c1-35(43(33,40)41)16-8-4-7-15-34-31(37)24-17-23-18-25(42-2)12-14-26(23)30-29(21-9-5-3-6-10-21)27-13-11-22(32(38)39)19-28(27)36(30)20-24/h11-14,17-19,21H,3-10,15-16,20H2,1-2H3,(H,34,37)(H,38,39)(H2,33,40,41). The molecule has 1 saturated carbocycles. The van der Waals surface area contributed by atoms with E-state index in [2.05, 4.69) is 9.88 Å². The van der Waals surface area contributed by atoms with Gasteiger partial charge in [-0.1, -0.05) is 31.7 Å². The van der Waals surface area contributed by atoms with Crippen LogP contribution in [0.25, 0.3) is 28.2 Å². The summed E-state index contributed by atoms with van der Waals surface area (Å²) in [7, 11) is -0.633. The fraction of sp³-hybridized carbons (Fsp3) is 0.438. The third-order valence-corrected chi connectivity index (χ3v) is 9.75. The third kappa shape index (κ3) is 6.63. The van der Waals surface area contributed by atoms with Crippen molar-refractivity contribution >= 4 is 39.1 Å². The molecule has 11 heteroatoms. The van der Waals surface area contributed by atoms with E-state index in [0.29, 0.717) is 49.7 Å². The Morgan fingerprint density at radius 2 is 1.86 bits per heavy atom. The van der Waals surface area contributed by atoms with Gasteiger partial charge in [0, 0.05) is 42.2 Å². The lowest BCUT2D eigenvalue weighted by molar-refractivity contribution is -0.117. The minimum Gasteiger partial charge on any atom is -0.497 e. The number of hydrogen-bond acceptors (Lipinski definition) is 5. The molecule has 0 spiro atoms. The molecular formula is C32H40N4O6S. The molecule has 230 valence electrons. The molecule has 2 aromatic carbocycles.